The highest BCUT2D eigenvalue weighted by Gasteiger charge is 2.27. The molecule has 1 aromatic carbocycles. The van der Waals surface area contributed by atoms with Gasteiger partial charge in [-0.15, -0.1) is 0 Å². The van der Waals surface area contributed by atoms with Gasteiger partial charge in [-0.25, -0.2) is 9.67 Å². The summed E-state index contributed by atoms with van der Waals surface area (Å²) in [5, 5.41) is 4.55. The van der Waals surface area contributed by atoms with Crippen LogP contribution in [0.1, 0.15) is 31.0 Å². The van der Waals surface area contributed by atoms with Crippen LogP contribution in [0.25, 0.3) is 5.69 Å². The molecule has 1 aliphatic rings. The molecule has 140 valence electrons. The van der Waals surface area contributed by atoms with Crippen LogP contribution in [-0.2, 0) is 16.0 Å². The Morgan fingerprint density at radius 3 is 2.58 bits per heavy atom. The molecule has 0 radical (unpaired) electrons. The van der Waals surface area contributed by atoms with Crippen LogP contribution in [0.15, 0.2) is 24.3 Å². The van der Waals surface area contributed by atoms with Crippen molar-refractivity contribution in [1.82, 2.24) is 19.7 Å². The largest absolute Gasteiger partial charge is 0.497 e. The lowest BCUT2D eigenvalue weighted by molar-refractivity contribution is -0.117. The quantitative estimate of drug-likeness (QED) is 0.795. The van der Waals surface area contributed by atoms with E-state index in [2.05, 4.69) is 21.9 Å². The molecule has 8 nitrogen and oxygen atoms in total. The Morgan fingerprint density at radius 1 is 1.31 bits per heavy atom. The molecule has 2 heterocycles. The van der Waals surface area contributed by atoms with Crippen LogP contribution in [0.4, 0.5) is 0 Å². The third-order valence-electron chi connectivity index (χ3n) is 4.50. The predicted octanol–water partition coefficient (Wildman–Crippen LogP) is 1.09. The molecule has 1 aliphatic heterocycles. The van der Waals surface area contributed by atoms with Gasteiger partial charge in [0.2, 0.25) is 5.91 Å². The fraction of sp³-hybridized carbons (Fsp3) is 0.500. The van der Waals surface area contributed by atoms with E-state index in [1.54, 1.807) is 11.8 Å². The number of rotatable bonds is 7. The predicted molar refractivity (Wildman–Crippen MR) is 96.2 cm³/mol. The Bertz CT molecular complexity index is 738. The van der Waals surface area contributed by atoms with Gasteiger partial charge >= 0.3 is 0 Å². The van der Waals surface area contributed by atoms with Crippen molar-refractivity contribution in [3.05, 3.63) is 35.9 Å². The van der Waals surface area contributed by atoms with Crippen molar-refractivity contribution >= 4 is 5.91 Å². The number of hydrogen-bond acceptors (Lipinski definition) is 6. The minimum atomic E-state index is -0.442. The number of ether oxygens (including phenoxy) is 2. The maximum absolute atomic E-state index is 11.3. The first-order valence-corrected chi connectivity index (χ1v) is 8.82. The van der Waals surface area contributed by atoms with Crippen molar-refractivity contribution in [3.8, 4) is 11.4 Å². The van der Waals surface area contributed by atoms with Crippen molar-refractivity contribution < 1.29 is 14.3 Å². The molecule has 0 bridgehead atoms. The van der Waals surface area contributed by atoms with Gasteiger partial charge in [-0.1, -0.05) is 6.92 Å². The van der Waals surface area contributed by atoms with Crippen molar-refractivity contribution in [2.45, 2.75) is 25.8 Å². The molecule has 26 heavy (non-hydrogen) atoms. The molecule has 1 amide bonds. The molecule has 1 saturated heterocycles. The molecule has 8 heteroatoms. The highest BCUT2D eigenvalue weighted by Crippen LogP contribution is 2.26. The number of carbonyl (C=O) groups is 1. The van der Waals surface area contributed by atoms with Gasteiger partial charge in [0, 0.05) is 13.1 Å². The van der Waals surface area contributed by atoms with Crippen LogP contribution in [-0.4, -0.2) is 59.0 Å². The first kappa shape index (κ1) is 18.3. The number of nitrogens with zero attached hydrogens (tertiary/aromatic N) is 4. The Hall–Kier alpha value is -2.45. The Morgan fingerprint density at radius 2 is 2.00 bits per heavy atom. The van der Waals surface area contributed by atoms with Crippen LogP contribution in [0.5, 0.6) is 5.75 Å². The van der Waals surface area contributed by atoms with E-state index in [4.69, 9.17) is 15.2 Å². The van der Waals surface area contributed by atoms with Crippen LogP contribution in [0.2, 0.25) is 0 Å². The molecule has 3 rings (SSSR count). The lowest BCUT2D eigenvalue weighted by Crippen LogP contribution is -2.39. The lowest BCUT2D eigenvalue weighted by Gasteiger charge is -2.33. The second kappa shape index (κ2) is 8.29. The topological polar surface area (TPSA) is 95.5 Å². The van der Waals surface area contributed by atoms with Crippen LogP contribution in [0, 0.1) is 0 Å². The van der Waals surface area contributed by atoms with E-state index in [0.717, 1.165) is 36.8 Å². The van der Waals surface area contributed by atoms with Crippen LogP contribution in [0.3, 0.4) is 0 Å². The molecule has 0 aliphatic carbocycles. The molecule has 1 fully saturated rings. The Labute approximate surface area is 152 Å². The number of methoxy groups -OCH3 is 1. The van der Waals surface area contributed by atoms with Gasteiger partial charge in [-0.05, 0) is 30.7 Å². The molecule has 1 aromatic heterocycles. The van der Waals surface area contributed by atoms with E-state index in [9.17, 15) is 4.79 Å². The average Bonchev–Trinajstić information content (AvgIpc) is 3.06. The zero-order valence-corrected chi connectivity index (χ0v) is 15.2. The van der Waals surface area contributed by atoms with Gasteiger partial charge in [-0.2, -0.15) is 5.10 Å². The highest BCUT2D eigenvalue weighted by atomic mass is 16.5. The van der Waals surface area contributed by atoms with Gasteiger partial charge in [0.15, 0.2) is 5.82 Å². The molecular formula is C18H25N5O3. The van der Waals surface area contributed by atoms with Crippen LogP contribution < -0.4 is 10.5 Å². The van der Waals surface area contributed by atoms with Crippen molar-refractivity contribution in [3.63, 3.8) is 0 Å². The zero-order chi connectivity index (χ0) is 18.5. The third kappa shape index (κ3) is 4.03. The standard InChI is InChI=1S/C18H25N5O3/c1-3-15(22-8-10-26-11-9-22)18-20-17(12-16(19)24)21-23(18)13-4-6-14(25-2)7-5-13/h4-7,15H,3,8-12H2,1-2H3,(H2,19,24). The second-order valence-corrected chi connectivity index (χ2v) is 6.21. The number of hydrogen-bond donors (Lipinski definition) is 1. The van der Waals surface area contributed by atoms with Gasteiger partial charge in [-0.3, -0.25) is 9.69 Å². The summed E-state index contributed by atoms with van der Waals surface area (Å²) in [6.45, 7) is 5.24. The van der Waals surface area contributed by atoms with Gasteiger partial charge in [0.05, 0.1) is 38.5 Å². The monoisotopic (exact) mass is 359 g/mol. The SMILES string of the molecule is CCC(c1nc(CC(N)=O)nn1-c1ccc(OC)cc1)N1CCOCC1. The van der Waals surface area contributed by atoms with E-state index in [1.807, 2.05) is 24.3 Å². The van der Waals surface area contributed by atoms with E-state index >= 15 is 0 Å². The third-order valence-corrected chi connectivity index (χ3v) is 4.50. The summed E-state index contributed by atoms with van der Waals surface area (Å²) in [5.74, 6) is 1.58. The van der Waals surface area contributed by atoms with Crippen LogP contribution >= 0.6 is 0 Å². The molecular weight excluding hydrogens is 334 g/mol. The molecule has 1 unspecified atom stereocenters. The fourth-order valence-electron chi connectivity index (χ4n) is 3.22. The zero-order valence-electron chi connectivity index (χ0n) is 15.2. The summed E-state index contributed by atoms with van der Waals surface area (Å²) in [7, 11) is 1.63. The van der Waals surface area contributed by atoms with Gasteiger partial charge in [0.1, 0.15) is 11.6 Å². The number of amides is 1. The number of carbonyl (C=O) groups excluding carboxylic acids is 1. The smallest absolute Gasteiger partial charge is 0.225 e. The summed E-state index contributed by atoms with van der Waals surface area (Å²) in [6.07, 6.45) is 0.903. The second-order valence-electron chi connectivity index (χ2n) is 6.21. The minimum absolute atomic E-state index is 0.0235. The van der Waals surface area contributed by atoms with E-state index in [0.29, 0.717) is 19.0 Å². The van der Waals surface area contributed by atoms with E-state index < -0.39 is 5.91 Å². The molecule has 1 atom stereocenters. The highest BCUT2D eigenvalue weighted by molar-refractivity contribution is 5.75. The number of primary amides is 1. The lowest BCUT2D eigenvalue weighted by atomic mass is 10.1. The fourth-order valence-corrected chi connectivity index (χ4v) is 3.22. The average molecular weight is 359 g/mol. The summed E-state index contributed by atoms with van der Waals surface area (Å²) in [5.41, 5.74) is 6.21. The number of aromatic nitrogens is 3. The van der Waals surface area contributed by atoms with Crippen molar-refractivity contribution in [2.75, 3.05) is 33.4 Å². The summed E-state index contributed by atoms with van der Waals surface area (Å²) >= 11 is 0. The maximum Gasteiger partial charge on any atom is 0.225 e. The number of nitrogens with two attached hydrogens (primary N) is 1. The minimum Gasteiger partial charge on any atom is -0.497 e. The summed E-state index contributed by atoms with van der Waals surface area (Å²) < 4.78 is 12.5. The van der Waals surface area contributed by atoms with E-state index in [-0.39, 0.29) is 12.5 Å². The molecule has 2 N–H and O–H groups in total. The first-order valence-electron chi connectivity index (χ1n) is 8.82. The Kier molecular flexibility index (Phi) is 5.85. The summed E-state index contributed by atoms with van der Waals surface area (Å²) in [4.78, 5) is 18.3. The number of benzene rings is 1. The summed E-state index contributed by atoms with van der Waals surface area (Å²) in [6, 6.07) is 7.71. The maximum atomic E-state index is 11.3. The molecule has 0 spiro atoms. The normalized spacial score (nSPS) is 16.4. The number of morpholine rings is 1. The van der Waals surface area contributed by atoms with E-state index in [1.165, 1.54) is 0 Å². The molecule has 0 saturated carbocycles. The van der Waals surface area contributed by atoms with Gasteiger partial charge in [0.25, 0.3) is 0 Å². The van der Waals surface area contributed by atoms with Crippen molar-refractivity contribution in [2.24, 2.45) is 5.73 Å². The van der Waals surface area contributed by atoms with Gasteiger partial charge < -0.3 is 15.2 Å². The first-order chi connectivity index (χ1) is 12.6. The molecule has 2 aromatic rings. The Balaban J connectivity index is 1.99. The van der Waals surface area contributed by atoms with Crippen molar-refractivity contribution in [1.29, 1.82) is 0 Å².